The van der Waals surface area contributed by atoms with Crippen LogP contribution in [0.4, 0.5) is 0 Å². The van der Waals surface area contributed by atoms with Gasteiger partial charge in [-0.15, -0.1) is 0 Å². The fraction of sp³-hybridized carbons (Fsp3) is 0.278. The van der Waals surface area contributed by atoms with Gasteiger partial charge in [-0.05, 0) is 57.3 Å². The highest BCUT2D eigenvalue weighted by Crippen LogP contribution is 2.28. The van der Waals surface area contributed by atoms with Crippen LogP contribution < -0.4 is 0 Å². The third-order valence-electron chi connectivity index (χ3n) is 3.93. The normalized spacial score (nSPS) is 11.5. The number of benzene rings is 1. The number of halogens is 1. The zero-order valence-corrected chi connectivity index (χ0v) is 14.1. The molecule has 0 amide bonds. The van der Waals surface area contributed by atoms with Crippen molar-refractivity contribution in [3.63, 3.8) is 0 Å². The van der Waals surface area contributed by atoms with Crippen molar-refractivity contribution < 1.29 is 0 Å². The van der Waals surface area contributed by atoms with Crippen LogP contribution in [-0.2, 0) is 6.54 Å². The van der Waals surface area contributed by atoms with Gasteiger partial charge < -0.3 is 9.30 Å². The van der Waals surface area contributed by atoms with Crippen LogP contribution in [0, 0.1) is 13.8 Å². The Balaban J connectivity index is 2.25. The molecule has 0 atom stereocenters. The summed E-state index contributed by atoms with van der Waals surface area (Å²) in [4.78, 5) is 6.97. The Bertz CT molecular complexity index is 834. The minimum absolute atomic E-state index is 0.719. The molecule has 2 heterocycles. The Hall–Kier alpha value is -1.84. The van der Waals surface area contributed by atoms with E-state index in [4.69, 9.17) is 16.6 Å². The predicted octanol–water partition coefficient (Wildman–Crippen LogP) is 4.33. The molecular weight excluding hydrogens is 294 g/mol. The Morgan fingerprint density at radius 3 is 2.55 bits per heavy atom. The molecular formula is C18H20ClN3. The maximum atomic E-state index is 6.17. The smallest absolute Gasteiger partial charge is 0.137 e. The molecule has 2 aromatic heterocycles. The van der Waals surface area contributed by atoms with Crippen LogP contribution in [0.3, 0.4) is 0 Å². The second kappa shape index (κ2) is 5.75. The minimum Gasteiger partial charge on any atom is -0.304 e. The summed E-state index contributed by atoms with van der Waals surface area (Å²) in [7, 11) is 4.13. The Morgan fingerprint density at radius 2 is 1.86 bits per heavy atom. The summed E-state index contributed by atoms with van der Waals surface area (Å²) < 4.78 is 2.09. The highest BCUT2D eigenvalue weighted by molar-refractivity contribution is 6.30. The minimum atomic E-state index is 0.719. The van der Waals surface area contributed by atoms with E-state index in [9.17, 15) is 0 Å². The summed E-state index contributed by atoms with van der Waals surface area (Å²) in [5, 5.41) is 0.719. The lowest BCUT2D eigenvalue weighted by Crippen LogP contribution is -2.13. The Labute approximate surface area is 136 Å². The summed E-state index contributed by atoms with van der Waals surface area (Å²) in [6, 6.07) is 10.4. The summed E-state index contributed by atoms with van der Waals surface area (Å²) in [6.07, 6.45) is 1.94. The lowest BCUT2D eigenvalue weighted by atomic mass is 10.0. The highest BCUT2D eigenvalue weighted by Gasteiger charge is 2.15. The zero-order valence-electron chi connectivity index (χ0n) is 13.4. The molecule has 0 spiro atoms. The molecule has 0 fully saturated rings. The van der Waals surface area contributed by atoms with E-state index in [1.54, 1.807) is 0 Å². The van der Waals surface area contributed by atoms with Crippen LogP contribution in [0.2, 0.25) is 5.02 Å². The molecule has 4 heteroatoms. The first-order valence-electron chi connectivity index (χ1n) is 7.34. The molecule has 0 aliphatic heterocycles. The summed E-state index contributed by atoms with van der Waals surface area (Å²) in [5.41, 5.74) is 6.84. The lowest BCUT2D eigenvalue weighted by molar-refractivity contribution is 0.396. The number of aromatic nitrogens is 2. The summed E-state index contributed by atoms with van der Waals surface area (Å²) in [6.45, 7) is 5.07. The average Bonchev–Trinajstić information content (AvgIpc) is 2.79. The maximum Gasteiger partial charge on any atom is 0.137 e. The standard InChI is InChI=1S/C18H20ClN3/c1-12-5-6-14(9-13(12)2)18-16(11-21(3)4)22-10-15(19)7-8-17(22)20-18/h5-10H,11H2,1-4H3. The van der Waals surface area contributed by atoms with Gasteiger partial charge in [-0.25, -0.2) is 4.98 Å². The fourth-order valence-electron chi connectivity index (χ4n) is 2.64. The monoisotopic (exact) mass is 313 g/mol. The molecule has 0 saturated carbocycles. The number of fused-ring (bicyclic) bond motifs is 1. The number of hydrogen-bond acceptors (Lipinski definition) is 2. The molecule has 0 bridgehead atoms. The first-order valence-corrected chi connectivity index (χ1v) is 7.72. The molecule has 0 radical (unpaired) electrons. The van der Waals surface area contributed by atoms with Gasteiger partial charge in [0.25, 0.3) is 0 Å². The second-order valence-electron chi connectivity index (χ2n) is 6.02. The van der Waals surface area contributed by atoms with Gasteiger partial charge in [0.2, 0.25) is 0 Å². The quantitative estimate of drug-likeness (QED) is 0.717. The van der Waals surface area contributed by atoms with Gasteiger partial charge in [-0.2, -0.15) is 0 Å². The molecule has 114 valence electrons. The molecule has 0 aliphatic carbocycles. The third kappa shape index (κ3) is 2.74. The van der Waals surface area contributed by atoms with E-state index in [-0.39, 0.29) is 0 Å². The van der Waals surface area contributed by atoms with Crippen molar-refractivity contribution in [2.24, 2.45) is 0 Å². The van der Waals surface area contributed by atoms with Gasteiger partial charge in [0, 0.05) is 18.3 Å². The highest BCUT2D eigenvalue weighted by atomic mass is 35.5. The number of aryl methyl sites for hydroxylation is 2. The lowest BCUT2D eigenvalue weighted by Gasteiger charge is -2.12. The Kier molecular flexibility index (Phi) is 3.94. The van der Waals surface area contributed by atoms with Crippen molar-refractivity contribution in [1.82, 2.24) is 14.3 Å². The topological polar surface area (TPSA) is 20.5 Å². The van der Waals surface area contributed by atoms with E-state index in [1.165, 1.54) is 11.1 Å². The fourth-order valence-corrected chi connectivity index (χ4v) is 2.80. The van der Waals surface area contributed by atoms with Crippen molar-refractivity contribution in [3.8, 4) is 11.3 Å². The van der Waals surface area contributed by atoms with E-state index in [0.717, 1.165) is 34.2 Å². The van der Waals surface area contributed by atoms with E-state index in [2.05, 4.69) is 55.4 Å². The number of hydrogen-bond donors (Lipinski definition) is 0. The van der Waals surface area contributed by atoms with E-state index in [1.807, 2.05) is 18.3 Å². The van der Waals surface area contributed by atoms with Gasteiger partial charge in [0.1, 0.15) is 5.65 Å². The predicted molar refractivity (Wildman–Crippen MR) is 92.5 cm³/mol. The van der Waals surface area contributed by atoms with Crippen molar-refractivity contribution in [2.75, 3.05) is 14.1 Å². The van der Waals surface area contributed by atoms with Gasteiger partial charge in [0.15, 0.2) is 0 Å². The zero-order chi connectivity index (χ0) is 15.9. The molecule has 0 unspecified atom stereocenters. The number of rotatable bonds is 3. The first kappa shape index (κ1) is 15.1. The van der Waals surface area contributed by atoms with Crippen LogP contribution in [-0.4, -0.2) is 28.4 Å². The largest absolute Gasteiger partial charge is 0.304 e. The van der Waals surface area contributed by atoms with Crippen LogP contribution in [0.25, 0.3) is 16.9 Å². The van der Waals surface area contributed by atoms with Crippen molar-refractivity contribution in [3.05, 3.63) is 58.4 Å². The SMILES string of the molecule is Cc1ccc(-c2nc3ccc(Cl)cn3c2CN(C)C)cc1C. The molecule has 0 saturated heterocycles. The van der Waals surface area contributed by atoms with Gasteiger partial charge in [0.05, 0.1) is 16.4 Å². The molecule has 0 aliphatic rings. The molecule has 1 aromatic carbocycles. The van der Waals surface area contributed by atoms with Crippen LogP contribution in [0.15, 0.2) is 36.5 Å². The molecule has 0 N–H and O–H groups in total. The van der Waals surface area contributed by atoms with Crippen LogP contribution in [0.5, 0.6) is 0 Å². The van der Waals surface area contributed by atoms with Gasteiger partial charge in [-0.1, -0.05) is 23.7 Å². The molecule has 22 heavy (non-hydrogen) atoms. The average molecular weight is 314 g/mol. The third-order valence-corrected chi connectivity index (χ3v) is 4.15. The Morgan fingerprint density at radius 1 is 1.09 bits per heavy atom. The maximum absolute atomic E-state index is 6.17. The summed E-state index contributed by atoms with van der Waals surface area (Å²) >= 11 is 6.17. The van der Waals surface area contributed by atoms with Crippen LogP contribution >= 0.6 is 11.6 Å². The van der Waals surface area contributed by atoms with Gasteiger partial charge >= 0.3 is 0 Å². The van der Waals surface area contributed by atoms with E-state index in [0.29, 0.717) is 0 Å². The van der Waals surface area contributed by atoms with Crippen molar-refractivity contribution in [1.29, 1.82) is 0 Å². The van der Waals surface area contributed by atoms with E-state index < -0.39 is 0 Å². The molecule has 3 nitrogen and oxygen atoms in total. The van der Waals surface area contributed by atoms with Gasteiger partial charge in [-0.3, -0.25) is 0 Å². The van der Waals surface area contributed by atoms with E-state index >= 15 is 0 Å². The second-order valence-corrected chi connectivity index (χ2v) is 6.46. The number of imidazole rings is 1. The van der Waals surface area contributed by atoms with Crippen LogP contribution in [0.1, 0.15) is 16.8 Å². The number of pyridine rings is 1. The molecule has 3 aromatic rings. The summed E-state index contributed by atoms with van der Waals surface area (Å²) in [5.74, 6) is 0. The molecule has 3 rings (SSSR count). The first-order chi connectivity index (χ1) is 10.5. The van der Waals surface area contributed by atoms with Crippen molar-refractivity contribution >= 4 is 17.2 Å². The van der Waals surface area contributed by atoms with Crippen molar-refractivity contribution in [2.45, 2.75) is 20.4 Å². The number of nitrogens with zero attached hydrogens (tertiary/aromatic N) is 3.